The first kappa shape index (κ1) is 22.3. The van der Waals surface area contributed by atoms with Crippen molar-refractivity contribution in [1.82, 2.24) is 0 Å². The Kier molecular flexibility index (Phi) is 5.54. The maximum Gasteiger partial charge on any atom is 0.271 e. The molecule has 0 spiro atoms. The molecule has 0 saturated carbocycles. The van der Waals surface area contributed by atoms with Gasteiger partial charge < -0.3 is 5.73 Å². The second-order valence-electron chi connectivity index (χ2n) is 9.35. The Balaban J connectivity index is 1.97. The van der Waals surface area contributed by atoms with Crippen LogP contribution in [0.2, 0.25) is 0 Å². The third-order valence-electron chi connectivity index (χ3n) is 6.40. The highest BCUT2D eigenvalue weighted by atomic mass is 16.6. The number of Topliss-reactive ketones (excluding diaryl/α,β-unsaturated/α-hetero) is 1. The van der Waals surface area contributed by atoms with Crippen LogP contribution in [0, 0.1) is 26.9 Å². The summed E-state index contributed by atoms with van der Waals surface area (Å²) in [6.45, 7) is 6.11. The van der Waals surface area contributed by atoms with Gasteiger partial charge in [-0.25, -0.2) is 0 Å². The molecular weight excluding hydrogens is 416 g/mol. The van der Waals surface area contributed by atoms with Crippen LogP contribution in [0.1, 0.15) is 50.7 Å². The van der Waals surface area contributed by atoms with E-state index >= 15 is 0 Å². The van der Waals surface area contributed by atoms with Gasteiger partial charge in [0, 0.05) is 29.8 Å². The maximum atomic E-state index is 13.5. The average molecular weight is 443 g/mol. The van der Waals surface area contributed by atoms with Gasteiger partial charge in [-0.3, -0.25) is 19.8 Å². The average Bonchev–Trinajstić information content (AvgIpc) is 2.77. The number of hydrogen-bond donors (Lipinski definition) is 1. The van der Waals surface area contributed by atoms with E-state index in [-0.39, 0.29) is 28.3 Å². The first-order valence-electron chi connectivity index (χ1n) is 11.0. The van der Waals surface area contributed by atoms with Crippen molar-refractivity contribution in [3.05, 3.63) is 92.4 Å². The summed E-state index contributed by atoms with van der Waals surface area (Å²) >= 11 is 0. The minimum absolute atomic E-state index is 0.0264. The lowest BCUT2D eigenvalue weighted by atomic mass is 9.68. The summed E-state index contributed by atoms with van der Waals surface area (Å²) < 4.78 is 0. The van der Waals surface area contributed by atoms with Crippen LogP contribution in [0.15, 0.2) is 71.2 Å². The van der Waals surface area contributed by atoms with E-state index in [0.29, 0.717) is 29.8 Å². The number of non-ortho nitro benzene ring substituents is 1. The molecule has 2 aliphatic rings. The van der Waals surface area contributed by atoms with Gasteiger partial charge in [0.1, 0.15) is 5.82 Å². The zero-order chi connectivity index (χ0) is 23.9. The summed E-state index contributed by atoms with van der Waals surface area (Å²) in [5.41, 5.74) is 10.2. The number of aryl methyl sites for hydroxylation is 1. The molecule has 0 amide bonds. The highest BCUT2D eigenvalue weighted by molar-refractivity contribution is 6.01. The van der Waals surface area contributed by atoms with Crippen LogP contribution < -0.4 is 10.6 Å². The Morgan fingerprint density at radius 1 is 1.21 bits per heavy atom. The van der Waals surface area contributed by atoms with E-state index in [4.69, 9.17) is 5.73 Å². The number of benzene rings is 2. The van der Waals surface area contributed by atoms with Gasteiger partial charge >= 0.3 is 0 Å². The van der Waals surface area contributed by atoms with Crippen molar-refractivity contribution in [3.8, 4) is 6.07 Å². The molecular formula is C26H26N4O3. The Hall–Kier alpha value is -3.92. The molecule has 2 aromatic carbocycles. The largest absolute Gasteiger partial charge is 0.384 e. The van der Waals surface area contributed by atoms with Crippen molar-refractivity contribution in [2.24, 2.45) is 11.1 Å². The lowest BCUT2D eigenvalue weighted by Crippen LogP contribution is -2.42. The first-order valence-corrected chi connectivity index (χ1v) is 11.0. The number of hydrogen-bond acceptors (Lipinski definition) is 6. The van der Waals surface area contributed by atoms with Gasteiger partial charge in [-0.1, -0.05) is 51.1 Å². The van der Waals surface area contributed by atoms with E-state index in [9.17, 15) is 20.2 Å². The fraction of sp³-hybridized carbons (Fsp3) is 0.308. The summed E-state index contributed by atoms with van der Waals surface area (Å²) in [4.78, 5) is 26.1. The number of nitrogens with two attached hydrogens (primary N) is 1. The molecule has 2 N–H and O–H groups in total. The summed E-state index contributed by atoms with van der Waals surface area (Å²) in [6, 6.07) is 16.3. The third kappa shape index (κ3) is 3.89. The normalized spacial score (nSPS) is 19.9. The number of carbonyl (C=O) groups is 1. The second kappa shape index (κ2) is 8.21. The van der Waals surface area contributed by atoms with E-state index in [2.05, 4.69) is 13.0 Å². The molecule has 33 heavy (non-hydrogen) atoms. The zero-order valence-corrected chi connectivity index (χ0v) is 19.0. The molecule has 2 aromatic rings. The summed E-state index contributed by atoms with van der Waals surface area (Å²) in [6.07, 6.45) is 1.80. The number of nitrogens with zero attached hydrogens (tertiary/aromatic N) is 3. The fourth-order valence-corrected chi connectivity index (χ4v) is 4.83. The minimum atomic E-state index is -0.561. The summed E-state index contributed by atoms with van der Waals surface area (Å²) in [5.74, 6) is -0.386. The molecule has 0 saturated heterocycles. The van der Waals surface area contributed by atoms with Gasteiger partial charge in [-0.2, -0.15) is 5.26 Å². The molecule has 1 atom stereocenters. The number of rotatable bonds is 4. The molecule has 0 radical (unpaired) electrons. The molecule has 168 valence electrons. The van der Waals surface area contributed by atoms with Gasteiger partial charge in [0.2, 0.25) is 0 Å². The van der Waals surface area contributed by atoms with Crippen LogP contribution in [0.25, 0.3) is 0 Å². The van der Waals surface area contributed by atoms with E-state index in [1.165, 1.54) is 12.1 Å². The summed E-state index contributed by atoms with van der Waals surface area (Å²) in [5, 5.41) is 21.5. The van der Waals surface area contributed by atoms with Crippen LogP contribution in [-0.2, 0) is 11.2 Å². The molecule has 0 unspecified atom stereocenters. The Bertz CT molecular complexity index is 1250. The Morgan fingerprint density at radius 3 is 2.52 bits per heavy atom. The Morgan fingerprint density at radius 2 is 1.91 bits per heavy atom. The van der Waals surface area contributed by atoms with E-state index in [0.717, 1.165) is 17.5 Å². The minimum Gasteiger partial charge on any atom is -0.384 e. The maximum absolute atomic E-state index is 13.5. The second-order valence-corrected chi connectivity index (χ2v) is 9.35. The van der Waals surface area contributed by atoms with Gasteiger partial charge in [0.25, 0.3) is 5.69 Å². The third-order valence-corrected chi connectivity index (χ3v) is 6.40. The van der Waals surface area contributed by atoms with Gasteiger partial charge in [0.15, 0.2) is 5.78 Å². The van der Waals surface area contributed by atoms with Crippen LogP contribution in [0.3, 0.4) is 0 Å². The molecule has 4 rings (SSSR count). The lowest BCUT2D eigenvalue weighted by Gasteiger charge is -2.43. The molecule has 0 fully saturated rings. The molecule has 0 bridgehead atoms. The number of anilines is 1. The van der Waals surface area contributed by atoms with E-state index < -0.39 is 10.8 Å². The van der Waals surface area contributed by atoms with Crippen molar-refractivity contribution in [2.45, 2.75) is 46.0 Å². The number of nitro benzene ring substituents is 1. The molecule has 1 aliphatic carbocycles. The highest BCUT2D eigenvalue weighted by Gasteiger charge is 2.44. The smallest absolute Gasteiger partial charge is 0.271 e. The predicted molar refractivity (Wildman–Crippen MR) is 126 cm³/mol. The molecule has 1 heterocycles. The molecule has 7 nitrogen and oxygen atoms in total. The molecule has 1 aliphatic heterocycles. The number of carbonyl (C=O) groups excluding carboxylic acids is 1. The van der Waals surface area contributed by atoms with E-state index in [1.807, 2.05) is 38.1 Å². The Labute approximate surface area is 193 Å². The van der Waals surface area contributed by atoms with Gasteiger partial charge in [0.05, 0.1) is 28.2 Å². The quantitative estimate of drug-likeness (QED) is 0.521. The lowest BCUT2D eigenvalue weighted by molar-refractivity contribution is -0.384. The monoisotopic (exact) mass is 442 g/mol. The SMILES string of the molecule is CCc1ccc([C@@H]2C(C#N)=C(N)N(c3cccc([N+](=O)[O-])c3)C3=C2C(=O)CC(C)(C)C3)cc1. The van der Waals surface area contributed by atoms with E-state index in [1.54, 1.807) is 17.0 Å². The topological polar surface area (TPSA) is 113 Å². The zero-order valence-electron chi connectivity index (χ0n) is 19.0. The van der Waals surface area contributed by atoms with Gasteiger partial charge in [-0.05, 0) is 35.4 Å². The van der Waals surface area contributed by atoms with Crippen molar-refractivity contribution < 1.29 is 9.72 Å². The highest BCUT2D eigenvalue weighted by Crippen LogP contribution is 2.50. The van der Waals surface area contributed by atoms with Crippen molar-refractivity contribution in [3.63, 3.8) is 0 Å². The number of nitro groups is 1. The van der Waals surface area contributed by atoms with Crippen LogP contribution >= 0.6 is 0 Å². The first-order chi connectivity index (χ1) is 15.7. The molecule has 7 heteroatoms. The van der Waals surface area contributed by atoms with Gasteiger partial charge in [-0.15, -0.1) is 0 Å². The van der Waals surface area contributed by atoms with Crippen LogP contribution in [0.5, 0.6) is 0 Å². The van der Waals surface area contributed by atoms with Crippen molar-refractivity contribution in [2.75, 3.05) is 4.90 Å². The van der Waals surface area contributed by atoms with Crippen molar-refractivity contribution >= 4 is 17.2 Å². The predicted octanol–water partition coefficient (Wildman–Crippen LogP) is 5.10. The van der Waals surface area contributed by atoms with Crippen molar-refractivity contribution in [1.29, 1.82) is 5.26 Å². The fourth-order valence-electron chi connectivity index (χ4n) is 4.83. The number of ketones is 1. The van der Waals surface area contributed by atoms with Crippen LogP contribution in [0.4, 0.5) is 11.4 Å². The number of nitriles is 1. The summed E-state index contributed by atoms with van der Waals surface area (Å²) in [7, 11) is 0. The van der Waals surface area contributed by atoms with Crippen LogP contribution in [-0.4, -0.2) is 10.7 Å². The number of allylic oxidation sites excluding steroid dienone is 3. The molecule has 0 aromatic heterocycles. The standard InChI is InChI=1S/C26H26N4O3/c1-4-16-8-10-17(11-9-16)23-20(15-27)25(28)29(18-6-5-7-19(12-18)30(32)33)21-13-26(2,3)14-22(31)24(21)23/h5-12,23H,4,13-14,28H2,1-3H3/t23-/m1/s1.